The lowest BCUT2D eigenvalue weighted by atomic mass is 10.1. The Morgan fingerprint density at radius 1 is 0.865 bits per heavy atom. The molecule has 0 spiro atoms. The molecular weight excluding hydrogens is 479 g/mol. The van der Waals surface area contributed by atoms with E-state index in [2.05, 4.69) is 10.3 Å². The van der Waals surface area contributed by atoms with Gasteiger partial charge in [0.25, 0.3) is 0 Å². The van der Waals surface area contributed by atoms with Gasteiger partial charge in [-0.25, -0.2) is 4.79 Å². The number of alkyl halides is 3. The molecule has 5 nitrogen and oxygen atoms in total. The molecule has 4 rings (SSSR count). The fraction of sp³-hybridized carbons (Fsp3) is 0.172. The highest BCUT2D eigenvalue weighted by Crippen LogP contribution is 2.30. The van der Waals surface area contributed by atoms with Crippen LogP contribution in [0.15, 0.2) is 103 Å². The second kappa shape index (κ2) is 12.1. The van der Waals surface area contributed by atoms with Crippen LogP contribution in [0.2, 0.25) is 0 Å². The molecule has 2 amide bonds. The number of anilines is 1. The number of hydrogen-bond donors (Lipinski definition) is 1. The molecule has 0 bridgehead atoms. The topological polar surface area (TPSA) is 54.5 Å². The Hall–Kier alpha value is -4.33. The summed E-state index contributed by atoms with van der Waals surface area (Å²) in [5.74, 6) is 0.657. The zero-order chi connectivity index (χ0) is 26.1. The first kappa shape index (κ1) is 25.8. The maximum absolute atomic E-state index is 13.2. The first-order chi connectivity index (χ1) is 17.9. The van der Waals surface area contributed by atoms with E-state index in [1.165, 1.54) is 12.1 Å². The predicted octanol–water partition coefficient (Wildman–Crippen LogP) is 6.96. The molecule has 190 valence electrons. The molecule has 37 heavy (non-hydrogen) atoms. The van der Waals surface area contributed by atoms with Crippen LogP contribution in [0.4, 0.5) is 23.7 Å². The van der Waals surface area contributed by atoms with Crippen LogP contribution in [0, 0.1) is 0 Å². The molecule has 3 aromatic carbocycles. The third-order valence-electron chi connectivity index (χ3n) is 5.61. The largest absolute Gasteiger partial charge is 0.489 e. The molecule has 0 saturated carbocycles. The van der Waals surface area contributed by atoms with Crippen molar-refractivity contribution < 1.29 is 22.7 Å². The van der Waals surface area contributed by atoms with Gasteiger partial charge in [0.15, 0.2) is 0 Å². The van der Waals surface area contributed by atoms with Gasteiger partial charge in [-0.2, -0.15) is 13.2 Å². The van der Waals surface area contributed by atoms with Gasteiger partial charge < -0.3 is 15.0 Å². The summed E-state index contributed by atoms with van der Waals surface area (Å²) in [6.07, 6.45) is -2.34. The second-order valence-corrected chi connectivity index (χ2v) is 8.42. The van der Waals surface area contributed by atoms with E-state index in [1.807, 2.05) is 72.8 Å². The lowest BCUT2D eigenvalue weighted by molar-refractivity contribution is -0.137. The Bertz CT molecular complexity index is 1300. The SMILES string of the molecule is O=C(Nc1cccc(C(F)(F)F)c1)N(CCc1ccccn1)Cc1cccc(OCc2ccccc2)c1. The number of hydrogen-bond acceptors (Lipinski definition) is 3. The molecule has 0 fully saturated rings. The van der Waals surface area contributed by atoms with Gasteiger partial charge in [0.2, 0.25) is 0 Å². The van der Waals surface area contributed by atoms with E-state index in [1.54, 1.807) is 11.1 Å². The van der Waals surface area contributed by atoms with Crippen molar-refractivity contribution in [1.29, 1.82) is 0 Å². The van der Waals surface area contributed by atoms with Crippen LogP contribution in [-0.4, -0.2) is 22.5 Å². The van der Waals surface area contributed by atoms with Crippen molar-refractivity contribution >= 4 is 11.7 Å². The third kappa shape index (κ3) is 7.83. The minimum Gasteiger partial charge on any atom is -0.489 e. The second-order valence-electron chi connectivity index (χ2n) is 8.42. The molecular formula is C29H26F3N3O2. The lowest BCUT2D eigenvalue weighted by Gasteiger charge is -2.24. The van der Waals surface area contributed by atoms with Crippen molar-refractivity contribution in [2.45, 2.75) is 25.7 Å². The summed E-state index contributed by atoms with van der Waals surface area (Å²) in [6, 6.07) is 26.8. The molecule has 0 aliphatic rings. The van der Waals surface area contributed by atoms with E-state index >= 15 is 0 Å². The molecule has 8 heteroatoms. The summed E-state index contributed by atoms with van der Waals surface area (Å²) in [5.41, 5.74) is 1.91. The predicted molar refractivity (Wildman–Crippen MR) is 136 cm³/mol. The average molecular weight is 506 g/mol. The summed E-state index contributed by atoms with van der Waals surface area (Å²) in [5, 5.41) is 2.61. The van der Waals surface area contributed by atoms with Gasteiger partial charge >= 0.3 is 12.2 Å². The van der Waals surface area contributed by atoms with Crippen molar-refractivity contribution in [3.8, 4) is 5.75 Å². The first-order valence-electron chi connectivity index (χ1n) is 11.8. The number of carbonyl (C=O) groups is 1. The van der Waals surface area contributed by atoms with Crippen LogP contribution in [-0.2, 0) is 25.7 Å². The smallest absolute Gasteiger partial charge is 0.416 e. The molecule has 4 aromatic rings. The fourth-order valence-electron chi connectivity index (χ4n) is 3.72. The highest BCUT2D eigenvalue weighted by atomic mass is 19.4. The number of nitrogens with one attached hydrogen (secondary N) is 1. The number of amides is 2. The van der Waals surface area contributed by atoms with E-state index in [-0.39, 0.29) is 12.2 Å². The van der Waals surface area contributed by atoms with Crippen molar-refractivity contribution in [2.75, 3.05) is 11.9 Å². The number of benzene rings is 3. The average Bonchev–Trinajstić information content (AvgIpc) is 2.91. The normalized spacial score (nSPS) is 11.1. The Morgan fingerprint density at radius 2 is 1.62 bits per heavy atom. The molecule has 1 N–H and O–H groups in total. The highest BCUT2D eigenvalue weighted by molar-refractivity contribution is 5.89. The molecule has 1 aromatic heterocycles. The minimum absolute atomic E-state index is 0.0719. The fourth-order valence-corrected chi connectivity index (χ4v) is 3.72. The number of urea groups is 1. The maximum atomic E-state index is 13.2. The number of ether oxygens (including phenoxy) is 1. The quantitative estimate of drug-likeness (QED) is 0.268. The lowest BCUT2D eigenvalue weighted by Crippen LogP contribution is -2.36. The van der Waals surface area contributed by atoms with E-state index in [0.29, 0.717) is 25.3 Å². The molecule has 0 atom stereocenters. The third-order valence-corrected chi connectivity index (χ3v) is 5.61. The maximum Gasteiger partial charge on any atom is 0.416 e. The van der Waals surface area contributed by atoms with Crippen molar-refractivity contribution in [2.24, 2.45) is 0 Å². The van der Waals surface area contributed by atoms with Gasteiger partial charge in [0.05, 0.1) is 5.56 Å². The summed E-state index contributed by atoms with van der Waals surface area (Å²) in [7, 11) is 0. The zero-order valence-corrected chi connectivity index (χ0v) is 20.0. The van der Waals surface area contributed by atoms with E-state index in [9.17, 15) is 18.0 Å². The monoisotopic (exact) mass is 505 g/mol. The highest BCUT2D eigenvalue weighted by Gasteiger charge is 2.30. The van der Waals surface area contributed by atoms with Crippen molar-refractivity contribution in [3.05, 3.63) is 126 Å². The first-order valence-corrected chi connectivity index (χ1v) is 11.8. The summed E-state index contributed by atoms with van der Waals surface area (Å²) < 4.78 is 45.3. The van der Waals surface area contributed by atoms with E-state index in [0.717, 1.165) is 29.0 Å². The van der Waals surface area contributed by atoms with Crippen molar-refractivity contribution in [1.82, 2.24) is 9.88 Å². The molecule has 0 aliphatic heterocycles. The zero-order valence-electron chi connectivity index (χ0n) is 20.0. The Balaban J connectivity index is 1.48. The number of carbonyl (C=O) groups excluding carboxylic acids is 1. The van der Waals surface area contributed by atoms with Gasteiger partial charge in [-0.1, -0.05) is 54.6 Å². The molecule has 1 heterocycles. The Morgan fingerprint density at radius 3 is 2.38 bits per heavy atom. The Kier molecular flexibility index (Phi) is 8.40. The Labute approximate surface area is 213 Å². The minimum atomic E-state index is -4.50. The van der Waals surface area contributed by atoms with Crippen LogP contribution >= 0.6 is 0 Å². The molecule has 0 aliphatic carbocycles. The summed E-state index contributed by atoms with van der Waals surface area (Å²) in [6.45, 7) is 0.959. The number of nitrogens with zero attached hydrogens (tertiary/aromatic N) is 2. The van der Waals surface area contributed by atoms with Crippen LogP contribution in [0.1, 0.15) is 22.4 Å². The van der Waals surface area contributed by atoms with Crippen molar-refractivity contribution in [3.63, 3.8) is 0 Å². The number of halogens is 3. The van der Waals surface area contributed by atoms with Gasteiger partial charge in [-0.3, -0.25) is 4.98 Å². The van der Waals surface area contributed by atoms with Crippen LogP contribution in [0.3, 0.4) is 0 Å². The van der Waals surface area contributed by atoms with Gasteiger partial charge in [-0.05, 0) is 53.6 Å². The van der Waals surface area contributed by atoms with Crippen LogP contribution < -0.4 is 10.1 Å². The van der Waals surface area contributed by atoms with E-state index < -0.39 is 17.8 Å². The van der Waals surface area contributed by atoms with Crippen LogP contribution in [0.5, 0.6) is 5.75 Å². The number of pyridine rings is 1. The van der Waals surface area contributed by atoms with Gasteiger partial charge in [0, 0.05) is 37.1 Å². The molecule has 0 unspecified atom stereocenters. The van der Waals surface area contributed by atoms with E-state index in [4.69, 9.17) is 4.74 Å². The van der Waals surface area contributed by atoms with Crippen LogP contribution in [0.25, 0.3) is 0 Å². The standard InChI is InChI=1S/C29H26F3N3O2/c30-29(31,32)24-11-7-13-26(19-24)34-28(36)35(17-15-25-12-4-5-16-33-25)20-23-10-6-14-27(18-23)37-21-22-8-2-1-3-9-22/h1-14,16,18-19H,15,17,20-21H2,(H,34,36). The van der Waals surface area contributed by atoms with Gasteiger partial charge in [0.1, 0.15) is 12.4 Å². The van der Waals surface area contributed by atoms with Gasteiger partial charge in [-0.15, -0.1) is 0 Å². The number of rotatable bonds is 9. The summed E-state index contributed by atoms with van der Waals surface area (Å²) >= 11 is 0. The molecule has 0 saturated heterocycles. The summed E-state index contributed by atoms with van der Waals surface area (Å²) in [4.78, 5) is 19.0. The molecule has 0 radical (unpaired) electrons. The number of aromatic nitrogens is 1.